The zero-order valence-electron chi connectivity index (χ0n) is 15.2. The predicted molar refractivity (Wildman–Crippen MR) is 98.4 cm³/mol. The van der Waals surface area contributed by atoms with E-state index >= 15 is 0 Å². The van der Waals surface area contributed by atoms with Crippen LogP contribution >= 0.6 is 0 Å². The van der Waals surface area contributed by atoms with Crippen molar-refractivity contribution < 1.29 is 14.7 Å². The molecule has 1 unspecified atom stereocenters. The van der Waals surface area contributed by atoms with Crippen LogP contribution in [0.15, 0.2) is 18.2 Å². The highest BCUT2D eigenvalue weighted by Crippen LogP contribution is 2.42. The van der Waals surface area contributed by atoms with Crippen LogP contribution < -0.4 is 15.1 Å². The van der Waals surface area contributed by atoms with Gasteiger partial charge in [-0.1, -0.05) is 13.8 Å². The lowest BCUT2D eigenvalue weighted by Crippen LogP contribution is -2.53. The van der Waals surface area contributed by atoms with E-state index in [9.17, 15) is 14.7 Å². The standard InChI is InChI=1S/C19H27N3O3/c1-12(2)9-20-10-18(23)22-13(3)11-21(15-5-6-15)16-7-4-14(19(24)25)8-17(16)22/h4,7-8,12-13,15,20H,5-6,9-11H2,1-3H3,(H,24,25). The number of hydrogen-bond donors (Lipinski definition) is 2. The van der Waals surface area contributed by atoms with E-state index < -0.39 is 5.97 Å². The Balaban J connectivity index is 1.89. The van der Waals surface area contributed by atoms with Crippen LogP contribution in [-0.2, 0) is 4.79 Å². The van der Waals surface area contributed by atoms with Crippen molar-refractivity contribution in [3.63, 3.8) is 0 Å². The first-order valence-corrected chi connectivity index (χ1v) is 9.05. The van der Waals surface area contributed by atoms with Gasteiger partial charge < -0.3 is 20.2 Å². The maximum absolute atomic E-state index is 12.8. The van der Waals surface area contributed by atoms with Crippen molar-refractivity contribution in [2.75, 3.05) is 29.4 Å². The fraction of sp³-hybridized carbons (Fsp3) is 0.579. The summed E-state index contributed by atoms with van der Waals surface area (Å²) in [5.74, 6) is -0.500. The molecule has 0 saturated heterocycles. The van der Waals surface area contributed by atoms with Gasteiger partial charge in [0.1, 0.15) is 0 Å². The van der Waals surface area contributed by atoms with Crippen molar-refractivity contribution in [1.82, 2.24) is 5.32 Å². The number of carbonyl (C=O) groups is 2. The van der Waals surface area contributed by atoms with Gasteiger partial charge in [-0.25, -0.2) is 4.79 Å². The van der Waals surface area contributed by atoms with Crippen molar-refractivity contribution in [2.45, 2.75) is 45.7 Å². The Morgan fingerprint density at radius 3 is 2.60 bits per heavy atom. The van der Waals surface area contributed by atoms with Gasteiger partial charge in [0.05, 0.1) is 29.5 Å². The van der Waals surface area contributed by atoms with Gasteiger partial charge in [0, 0.05) is 12.6 Å². The van der Waals surface area contributed by atoms with Gasteiger partial charge >= 0.3 is 5.97 Å². The molecule has 3 rings (SSSR count). The second-order valence-corrected chi connectivity index (χ2v) is 7.53. The highest BCUT2D eigenvalue weighted by Gasteiger charge is 2.38. The molecule has 6 nitrogen and oxygen atoms in total. The molecule has 1 fully saturated rings. The molecule has 1 aromatic carbocycles. The average Bonchev–Trinajstić information content (AvgIpc) is 3.37. The molecular weight excluding hydrogens is 318 g/mol. The van der Waals surface area contributed by atoms with Crippen molar-refractivity contribution in [1.29, 1.82) is 0 Å². The lowest BCUT2D eigenvalue weighted by Gasteiger charge is -2.42. The number of carboxylic acid groups (broad SMARTS) is 1. The molecule has 1 aromatic rings. The highest BCUT2D eigenvalue weighted by atomic mass is 16.4. The van der Waals surface area contributed by atoms with Crippen LogP contribution in [0.3, 0.4) is 0 Å². The number of nitrogens with zero attached hydrogens (tertiary/aromatic N) is 2. The maximum atomic E-state index is 12.8. The smallest absolute Gasteiger partial charge is 0.335 e. The third kappa shape index (κ3) is 3.79. The second-order valence-electron chi connectivity index (χ2n) is 7.53. The van der Waals surface area contributed by atoms with E-state index in [2.05, 4.69) is 24.1 Å². The normalized spacial score (nSPS) is 19.9. The molecule has 2 aliphatic rings. The first-order chi connectivity index (χ1) is 11.9. The maximum Gasteiger partial charge on any atom is 0.335 e. The Labute approximate surface area is 148 Å². The number of fused-ring (bicyclic) bond motifs is 1. The van der Waals surface area contributed by atoms with E-state index in [-0.39, 0.29) is 24.1 Å². The molecule has 0 bridgehead atoms. The van der Waals surface area contributed by atoms with Crippen LogP contribution in [-0.4, -0.2) is 48.7 Å². The Hall–Kier alpha value is -2.08. The van der Waals surface area contributed by atoms with Crippen molar-refractivity contribution in [2.24, 2.45) is 5.92 Å². The second kappa shape index (κ2) is 7.04. The van der Waals surface area contributed by atoms with E-state index in [1.807, 2.05) is 13.0 Å². The Morgan fingerprint density at radius 1 is 1.28 bits per heavy atom. The molecule has 0 aromatic heterocycles. The predicted octanol–water partition coefficient (Wildman–Crippen LogP) is 2.33. The molecule has 2 N–H and O–H groups in total. The zero-order chi connectivity index (χ0) is 18.1. The minimum atomic E-state index is -0.968. The first kappa shape index (κ1) is 17.7. The van der Waals surface area contributed by atoms with Crippen molar-refractivity contribution in [3.8, 4) is 0 Å². The van der Waals surface area contributed by atoms with E-state index in [0.717, 1.165) is 37.3 Å². The molecule has 136 valence electrons. The van der Waals surface area contributed by atoms with Gasteiger partial charge in [-0.3, -0.25) is 4.79 Å². The number of carbonyl (C=O) groups excluding carboxylic acids is 1. The number of amides is 1. The van der Waals surface area contributed by atoms with Gasteiger partial charge in [0.15, 0.2) is 0 Å². The molecule has 6 heteroatoms. The van der Waals surface area contributed by atoms with Crippen molar-refractivity contribution >= 4 is 23.3 Å². The number of rotatable bonds is 6. The molecule has 25 heavy (non-hydrogen) atoms. The molecule has 1 heterocycles. The minimum absolute atomic E-state index is 0.00705. The number of aromatic carboxylic acids is 1. The number of hydrogen-bond acceptors (Lipinski definition) is 4. The Bertz CT molecular complexity index is 670. The fourth-order valence-electron chi connectivity index (χ4n) is 3.46. The van der Waals surface area contributed by atoms with Crippen LogP contribution in [0.5, 0.6) is 0 Å². The summed E-state index contributed by atoms with van der Waals surface area (Å²) in [7, 11) is 0. The van der Waals surface area contributed by atoms with E-state index in [1.165, 1.54) is 0 Å². The summed E-state index contributed by atoms with van der Waals surface area (Å²) in [4.78, 5) is 28.3. The molecular formula is C19H27N3O3. The summed E-state index contributed by atoms with van der Waals surface area (Å²) in [5, 5.41) is 12.5. The zero-order valence-corrected chi connectivity index (χ0v) is 15.2. The SMILES string of the molecule is CC(C)CNCC(=O)N1c2cc(C(=O)O)ccc2N(C2CC2)CC1C. The summed E-state index contributed by atoms with van der Waals surface area (Å²) in [6.07, 6.45) is 2.33. The van der Waals surface area contributed by atoms with E-state index in [1.54, 1.807) is 17.0 Å². The van der Waals surface area contributed by atoms with Crippen LogP contribution in [0.4, 0.5) is 11.4 Å². The van der Waals surface area contributed by atoms with Crippen LogP contribution in [0.2, 0.25) is 0 Å². The molecule has 1 amide bonds. The number of nitrogens with one attached hydrogen (secondary N) is 1. The van der Waals surface area contributed by atoms with Crippen LogP contribution in [0.1, 0.15) is 44.0 Å². The number of anilines is 2. The molecule has 1 atom stereocenters. The van der Waals surface area contributed by atoms with Gasteiger partial charge in [-0.2, -0.15) is 0 Å². The molecule has 0 spiro atoms. The third-order valence-corrected chi connectivity index (χ3v) is 4.78. The Morgan fingerprint density at radius 2 is 2.00 bits per heavy atom. The highest BCUT2D eigenvalue weighted by molar-refractivity contribution is 6.01. The summed E-state index contributed by atoms with van der Waals surface area (Å²) in [6, 6.07) is 5.67. The van der Waals surface area contributed by atoms with Gasteiger partial charge in [0.2, 0.25) is 5.91 Å². The largest absolute Gasteiger partial charge is 0.478 e. The molecule has 1 saturated carbocycles. The van der Waals surface area contributed by atoms with E-state index in [4.69, 9.17) is 0 Å². The minimum Gasteiger partial charge on any atom is -0.478 e. The quantitative estimate of drug-likeness (QED) is 0.828. The lowest BCUT2D eigenvalue weighted by molar-refractivity contribution is -0.118. The van der Waals surface area contributed by atoms with Crippen molar-refractivity contribution in [3.05, 3.63) is 23.8 Å². The average molecular weight is 345 g/mol. The molecule has 1 aliphatic carbocycles. The summed E-state index contributed by atoms with van der Waals surface area (Å²) in [5.41, 5.74) is 1.92. The molecule has 1 aliphatic heterocycles. The molecule has 0 radical (unpaired) electrons. The Kier molecular flexibility index (Phi) is 4.99. The monoisotopic (exact) mass is 345 g/mol. The van der Waals surface area contributed by atoms with Gasteiger partial charge in [0.25, 0.3) is 0 Å². The van der Waals surface area contributed by atoms with Gasteiger partial charge in [-0.15, -0.1) is 0 Å². The third-order valence-electron chi connectivity index (χ3n) is 4.78. The van der Waals surface area contributed by atoms with Gasteiger partial charge in [-0.05, 0) is 50.4 Å². The lowest BCUT2D eigenvalue weighted by atomic mass is 10.0. The number of carboxylic acids is 1. The number of benzene rings is 1. The first-order valence-electron chi connectivity index (χ1n) is 9.05. The summed E-state index contributed by atoms with van der Waals surface area (Å²) < 4.78 is 0. The topological polar surface area (TPSA) is 72.9 Å². The van der Waals surface area contributed by atoms with E-state index in [0.29, 0.717) is 12.0 Å². The summed E-state index contributed by atoms with van der Waals surface area (Å²) in [6.45, 7) is 8.07. The van der Waals surface area contributed by atoms with Crippen LogP contribution in [0.25, 0.3) is 0 Å². The summed E-state index contributed by atoms with van der Waals surface area (Å²) >= 11 is 0. The fourth-order valence-corrected chi connectivity index (χ4v) is 3.46. The van der Waals surface area contributed by atoms with Crippen LogP contribution in [0, 0.1) is 5.92 Å².